The van der Waals surface area contributed by atoms with Gasteiger partial charge < -0.3 is 19.3 Å². The van der Waals surface area contributed by atoms with Gasteiger partial charge in [0.1, 0.15) is 0 Å². The number of nitrogens with zero attached hydrogens (tertiary/aromatic N) is 1. The Labute approximate surface area is 102 Å². The molecular weight excluding hydrogens is 221 g/mol. The molecule has 0 aromatic carbocycles. The zero-order chi connectivity index (χ0) is 12.8. The van der Waals surface area contributed by atoms with E-state index in [2.05, 4.69) is 0 Å². The van der Waals surface area contributed by atoms with Crippen LogP contribution in [0.15, 0.2) is 11.5 Å². The highest BCUT2D eigenvalue weighted by atomic mass is 16.7. The van der Waals surface area contributed by atoms with Crippen molar-refractivity contribution in [2.75, 3.05) is 13.1 Å². The summed E-state index contributed by atoms with van der Waals surface area (Å²) in [6, 6.07) is 0. The van der Waals surface area contributed by atoms with E-state index in [-0.39, 0.29) is 11.2 Å². The van der Waals surface area contributed by atoms with Crippen LogP contribution >= 0.6 is 0 Å². The van der Waals surface area contributed by atoms with Gasteiger partial charge in [-0.25, -0.2) is 4.79 Å². The first-order chi connectivity index (χ1) is 7.73. The van der Waals surface area contributed by atoms with Gasteiger partial charge in [-0.05, 0) is 33.2 Å². The molecule has 1 amide bonds. The van der Waals surface area contributed by atoms with Crippen molar-refractivity contribution in [3.8, 4) is 0 Å². The van der Waals surface area contributed by atoms with Crippen molar-refractivity contribution in [2.45, 2.75) is 38.9 Å². The summed E-state index contributed by atoms with van der Waals surface area (Å²) in [5, 5.41) is 8.89. The van der Waals surface area contributed by atoms with Gasteiger partial charge in [-0.1, -0.05) is 6.08 Å². The summed E-state index contributed by atoms with van der Waals surface area (Å²) < 4.78 is 11.7. The molecule has 0 spiro atoms. The van der Waals surface area contributed by atoms with Crippen LogP contribution in [0.5, 0.6) is 0 Å². The molecule has 5 nitrogen and oxygen atoms in total. The van der Waals surface area contributed by atoms with E-state index in [0.717, 1.165) is 5.47 Å². The van der Waals surface area contributed by atoms with E-state index in [1.807, 2.05) is 33.8 Å². The summed E-state index contributed by atoms with van der Waals surface area (Å²) in [7, 11) is -0.427. The Bertz CT molecular complexity index is 362. The molecule has 1 N–H and O–H groups in total. The normalized spacial score (nSPS) is 26.2. The van der Waals surface area contributed by atoms with E-state index in [1.165, 1.54) is 4.90 Å². The Morgan fingerprint density at radius 3 is 2.29 bits per heavy atom. The highest BCUT2D eigenvalue weighted by molar-refractivity contribution is 6.55. The first-order valence-corrected chi connectivity index (χ1v) is 5.75. The van der Waals surface area contributed by atoms with Crippen LogP contribution < -0.4 is 0 Å². The summed E-state index contributed by atoms with van der Waals surface area (Å²) in [5.41, 5.74) is 0.135. The molecular formula is C11H18BNO4. The first kappa shape index (κ1) is 12.5. The smallest absolute Gasteiger partial charge is 0.465 e. The van der Waals surface area contributed by atoms with Crippen LogP contribution in [0.3, 0.4) is 0 Å². The molecule has 2 heterocycles. The second-order valence-electron chi connectivity index (χ2n) is 5.53. The lowest BCUT2D eigenvalue weighted by Crippen LogP contribution is -2.41. The van der Waals surface area contributed by atoms with E-state index in [0.29, 0.717) is 13.1 Å². The Kier molecular flexibility index (Phi) is 2.74. The predicted octanol–water partition coefficient (Wildman–Crippen LogP) is 1.54. The molecule has 1 saturated heterocycles. The molecule has 0 radical (unpaired) electrons. The van der Waals surface area contributed by atoms with Crippen molar-refractivity contribution >= 4 is 13.2 Å². The fourth-order valence-corrected chi connectivity index (χ4v) is 1.89. The molecule has 2 aliphatic heterocycles. The minimum absolute atomic E-state index is 0.367. The van der Waals surface area contributed by atoms with Crippen molar-refractivity contribution in [3.63, 3.8) is 0 Å². The van der Waals surface area contributed by atoms with Gasteiger partial charge >= 0.3 is 13.2 Å². The van der Waals surface area contributed by atoms with Crippen LogP contribution in [-0.4, -0.2) is 47.5 Å². The topological polar surface area (TPSA) is 59.0 Å². The fourth-order valence-electron chi connectivity index (χ4n) is 1.89. The second-order valence-corrected chi connectivity index (χ2v) is 5.53. The summed E-state index contributed by atoms with van der Waals surface area (Å²) in [4.78, 5) is 12.2. The van der Waals surface area contributed by atoms with Gasteiger partial charge in [0.05, 0.1) is 11.2 Å². The van der Waals surface area contributed by atoms with Gasteiger partial charge in [-0.15, -0.1) is 0 Å². The van der Waals surface area contributed by atoms with Gasteiger partial charge in [0.25, 0.3) is 0 Å². The number of carboxylic acid groups (broad SMARTS) is 1. The van der Waals surface area contributed by atoms with Crippen LogP contribution in [0, 0.1) is 0 Å². The van der Waals surface area contributed by atoms with E-state index < -0.39 is 13.2 Å². The third kappa shape index (κ3) is 2.07. The molecule has 0 aromatic rings. The average Bonchev–Trinajstić information content (AvgIpc) is 2.70. The Hall–Kier alpha value is -1.01. The number of hydrogen-bond donors (Lipinski definition) is 1. The van der Waals surface area contributed by atoms with Crippen LogP contribution in [0.25, 0.3) is 0 Å². The third-order valence-corrected chi connectivity index (χ3v) is 3.77. The quantitative estimate of drug-likeness (QED) is 0.705. The molecule has 6 heteroatoms. The van der Waals surface area contributed by atoms with Crippen LogP contribution in [0.1, 0.15) is 27.7 Å². The van der Waals surface area contributed by atoms with Crippen molar-refractivity contribution in [2.24, 2.45) is 0 Å². The molecule has 0 saturated carbocycles. The molecule has 2 aliphatic rings. The second kappa shape index (κ2) is 3.75. The predicted molar refractivity (Wildman–Crippen MR) is 63.8 cm³/mol. The number of carbonyl (C=O) groups is 1. The zero-order valence-corrected chi connectivity index (χ0v) is 10.7. The first-order valence-electron chi connectivity index (χ1n) is 5.75. The maximum atomic E-state index is 10.8. The Balaban J connectivity index is 2.06. The third-order valence-electron chi connectivity index (χ3n) is 3.77. The van der Waals surface area contributed by atoms with Gasteiger partial charge in [0.15, 0.2) is 0 Å². The summed E-state index contributed by atoms with van der Waals surface area (Å²) in [5.74, 6) is 0. The van der Waals surface area contributed by atoms with Gasteiger partial charge in [-0.2, -0.15) is 0 Å². The average molecular weight is 239 g/mol. The monoisotopic (exact) mass is 239 g/mol. The largest absolute Gasteiger partial charge is 0.492 e. The molecule has 94 valence electrons. The Morgan fingerprint density at radius 2 is 1.88 bits per heavy atom. The molecule has 0 unspecified atom stereocenters. The van der Waals surface area contributed by atoms with Crippen LogP contribution in [0.4, 0.5) is 4.79 Å². The lowest BCUT2D eigenvalue weighted by atomic mass is 9.79. The lowest BCUT2D eigenvalue weighted by molar-refractivity contribution is 0.00578. The van der Waals surface area contributed by atoms with Crippen molar-refractivity contribution in [1.82, 2.24) is 4.90 Å². The minimum atomic E-state index is -0.909. The summed E-state index contributed by atoms with van der Waals surface area (Å²) in [6.07, 6.45) is 0.962. The van der Waals surface area contributed by atoms with E-state index in [1.54, 1.807) is 0 Å². The number of rotatable bonds is 1. The van der Waals surface area contributed by atoms with E-state index >= 15 is 0 Å². The van der Waals surface area contributed by atoms with Gasteiger partial charge in [0.2, 0.25) is 0 Å². The van der Waals surface area contributed by atoms with Gasteiger partial charge in [-0.3, -0.25) is 0 Å². The Morgan fingerprint density at radius 1 is 1.35 bits per heavy atom. The van der Waals surface area contributed by atoms with Crippen molar-refractivity contribution < 1.29 is 19.2 Å². The standard InChI is InChI=1S/C11H18BNO4/c1-10(2)11(3,4)17-12(16-10)8-5-6-13(7-8)9(14)15/h5H,6-7H2,1-4H3,(H,14,15). The molecule has 1 fully saturated rings. The summed E-state index contributed by atoms with van der Waals surface area (Å²) >= 11 is 0. The highest BCUT2D eigenvalue weighted by Crippen LogP contribution is 2.39. The maximum Gasteiger partial charge on any atom is 0.492 e. The molecule has 0 aromatic heterocycles. The van der Waals surface area contributed by atoms with Crippen LogP contribution in [-0.2, 0) is 9.31 Å². The van der Waals surface area contributed by atoms with Crippen LogP contribution in [0.2, 0.25) is 0 Å². The fraction of sp³-hybridized carbons (Fsp3) is 0.727. The lowest BCUT2D eigenvalue weighted by Gasteiger charge is -2.32. The minimum Gasteiger partial charge on any atom is -0.465 e. The molecule has 17 heavy (non-hydrogen) atoms. The molecule has 0 atom stereocenters. The number of hydrogen-bond acceptors (Lipinski definition) is 3. The SMILES string of the molecule is CC1(C)OB(C2=CCN(C(=O)O)C2)OC1(C)C. The summed E-state index contributed by atoms with van der Waals surface area (Å²) in [6.45, 7) is 8.71. The van der Waals surface area contributed by atoms with Crippen molar-refractivity contribution in [1.29, 1.82) is 0 Å². The van der Waals surface area contributed by atoms with Gasteiger partial charge in [0, 0.05) is 13.1 Å². The van der Waals surface area contributed by atoms with E-state index in [4.69, 9.17) is 14.4 Å². The van der Waals surface area contributed by atoms with E-state index in [9.17, 15) is 4.79 Å². The molecule has 2 rings (SSSR count). The zero-order valence-electron chi connectivity index (χ0n) is 10.7. The highest BCUT2D eigenvalue weighted by Gasteiger charge is 2.53. The molecule has 0 bridgehead atoms. The maximum absolute atomic E-state index is 10.8. The van der Waals surface area contributed by atoms with Crippen molar-refractivity contribution in [3.05, 3.63) is 11.5 Å². The molecule has 0 aliphatic carbocycles. The number of amides is 1.